The van der Waals surface area contributed by atoms with Gasteiger partial charge in [-0.25, -0.2) is 0 Å². The van der Waals surface area contributed by atoms with E-state index in [4.69, 9.17) is 0 Å². The lowest BCUT2D eigenvalue weighted by molar-refractivity contribution is 0.480. The Bertz CT molecular complexity index is 121. The van der Waals surface area contributed by atoms with Crippen molar-refractivity contribution in [2.45, 2.75) is 122 Å². The number of rotatable bonds is 5. The van der Waals surface area contributed by atoms with E-state index >= 15 is 0 Å². The molecule has 0 rings (SSSR count). The predicted molar refractivity (Wildman–Crippen MR) is 113 cm³/mol. The molecule has 0 aliphatic rings. The lowest BCUT2D eigenvalue weighted by Crippen LogP contribution is -1.91. The molecule has 0 heteroatoms. The fraction of sp³-hybridized carbons (Fsp3) is 0.909. The van der Waals surface area contributed by atoms with E-state index < -0.39 is 0 Å². The van der Waals surface area contributed by atoms with Crippen LogP contribution in [-0.2, 0) is 0 Å². The zero-order chi connectivity index (χ0) is 19.4. The van der Waals surface area contributed by atoms with E-state index in [9.17, 15) is 0 Å². The van der Waals surface area contributed by atoms with Gasteiger partial charge in [-0.2, -0.15) is 0 Å². The summed E-state index contributed by atoms with van der Waals surface area (Å²) in [5.74, 6) is 4.10. The van der Waals surface area contributed by atoms with Crippen molar-refractivity contribution in [3.63, 3.8) is 0 Å². The summed E-state index contributed by atoms with van der Waals surface area (Å²) >= 11 is 0. The monoisotopic (exact) mass is 316 g/mol. The number of hydrogen-bond donors (Lipinski definition) is 0. The van der Waals surface area contributed by atoms with Crippen LogP contribution in [0.4, 0.5) is 0 Å². The molecule has 0 fully saturated rings. The fourth-order valence-corrected chi connectivity index (χ4v) is 1.13. The van der Waals surface area contributed by atoms with Crippen LogP contribution >= 0.6 is 0 Å². The smallest absolute Gasteiger partial charge is 0.00297 e. The van der Waals surface area contributed by atoms with E-state index in [-0.39, 0.29) is 0 Å². The van der Waals surface area contributed by atoms with Crippen LogP contribution in [-0.4, -0.2) is 0 Å². The maximum atomic E-state index is 4.60. The first-order chi connectivity index (χ1) is 10.5. The largest absolute Gasteiger partial charge is 0.120 e. The maximum Gasteiger partial charge on any atom is -0.00297 e. The van der Waals surface area contributed by atoms with Crippen LogP contribution in [0, 0.1) is 24.2 Å². The van der Waals surface area contributed by atoms with Crippen molar-refractivity contribution in [3.8, 4) is 12.3 Å². The Morgan fingerprint density at radius 3 is 1.00 bits per heavy atom. The summed E-state index contributed by atoms with van der Waals surface area (Å²) in [5.41, 5.74) is 0. The zero-order valence-corrected chi connectivity index (χ0v) is 18.8. The van der Waals surface area contributed by atoms with Gasteiger partial charge < -0.3 is 0 Å². The third kappa shape index (κ3) is 118. The molecule has 0 aromatic rings. The van der Waals surface area contributed by atoms with E-state index in [1.54, 1.807) is 6.92 Å². The van der Waals surface area contributed by atoms with E-state index in [1.165, 1.54) is 32.1 Å². The van der Waals surface area contributed by atoms with Crippen LogP contribution in [0.25, 0.3) is 0 Å². The molecule has 0 heterocycles. The van der Waals surface area contributed by atoms with Gasteiger partial charge in [0.15, 0.2) is 0 Å². The van der Waals surface area contributed by atoms with Crippen molar-refractivity contribution >= 4 is 0 Å². The minimum atomic E-state index is 0.884. The lowest BCUT2D eigenvalue weighted by atomic mass is 10.0. The third-order valence-electron chi connectivity index (χ3n) is 2.38. The molecule has 0 aliphatic heterocycles. The molecule has 0 saturated heterocycles. The highest BCUT2D eigenvalue weighted by molar-refractivity contribution is 4.73. The van der Waals surface area contributed by atoms with Crippen LogP contribution in [0.3, 0.4) is 0 Å². The molecule has 0 unspecified atom stereocenters. The van der Waals surface area contributed by atoms with Crippen LogP contribution in [0.1, 0.15) is 122 Å². The second-order valence-corrected chi connectivity index (χ2v) is 4.77. The molecule has 0 saturated carbocycles. The standard InChI is InChI=1S/C8H18.C5H12.C3H4.3C2H6/c1-4-6-8(3)7-5-2;1-4-5(2)3;1-3-2;3*1-2/h8H,4-7H2,1-3H3;5H,4H2,1-3H3;1H,2H3;3*1-2H3. The van der Waals surface area contributed by atoms with Crippen LogP contribution in [0.5, 0.6) is 0 Å². The molecule has 0 amide bonds. The van der Waals surface area contributed by atoms with E-state index in [1.807, 2.05) is 41.5 Å². The molecule has 22 heavy (non-hydrogen) atoms. The van der Waals surface area contributed by atoms with Gasteiger partial charge >= 0.3 is 0 Å². The molecule has 0 aromatic heterocycles. The molecular formula is C22H52. The van der Waals surface area contributed by atoms with Crippen LogP contribution in [0.15, 0.2) is 0 Å². The Hall–Kier alpha value is -0.440. The first-order valence-corrected chi connectivity index (χ1v) is 9.87. The highest BCUT2D eigenvalue weighted by Gasteiger charge is 1.95. The Balaban J connectivity index is -0.0000000396. The van der Waals surface area contributed by atoms with E-state index in [0.29, 0.717) is 0 Å². The molecule has 0 spiro atoms. The first-order valence-electron chi connectivity index (χ1n) is 9.87. The summed E-state index contributed by atoms with van der Waals surface area (Å²) < 4.78 is 0. The van der Waals surface area contributed by atoms with Crippen molar-refractivity contribution in [2.24, 2.45) is 11.8 Å². The average Bonchev–Trinajstić information content (AvgIpc) is 2.55. The molecule has 0 radical (unpaired) electrons. The number of terminal acetylenes is 1. The molecular weight excluding hydrogens is 264 g/mol. The van der Waals surface area contributed by atoms with Crippen LogP contribution in [0.2, 0.25) is 0 Å². The van der Waals surface area contributed by atoms with Crippen molar-refractivity contribution in [3.05, 3.63) is 0 Å². The summed E-state index contributed by atoms with van der Waals surface area (Å²) in [5, 5.41) is 0. The minimum absolute atomic E-state index is 0.884. The summed E-state index contributed by atoms with van der Waals surface area (Å²) in [4.78, 5) is 0. The lowest BCUT2D eigenvalue weighted by Gasteiger charge is -2.05. The van der Waals surface area contributed by atoms with E-state index in [0.717, 1.165) is 11.8 Å². The highest BCUT2D eigenvalue weighted by Crippen LogP contribution is 2.10. The predicted octanol–water partition coefficient (Wildman–Crippen LogP) is 8.99. The van der Waals surface area contributed by atoms with Gasteiger partial charge in [0.05, 0.1) is 0 Å². The fourth-order valence-electron chi connectivity index (χ4n) is 1.13. The van der Waals surface area contributed by atoms with Crippen molar-refractivity contribution in [1.29, 1.82) is 0 Å². The molecule has 0 nitrogen and oxygen atoms in total. The SMILES string of the molecule is C#CC.CC.CC.CC.CCC(C)C.CCCC(C)CCC. The summed E-state index contributed by atoms with van der Waals surface area (Å²) in [6.07, 6.45) is 11.4. The average molecular weight is 317 g/mol. The Labute approximate surface area is 146 Å². The molecule has 0 aliphatic carbocycles. The zero-order valence-electron chi connectivity index (χ0n) is 18.8. The Morgan fingerprint density at radius 1 is 0.727 bits per heavy atom. The first kappa shape index (κ1) is 37.6. The van der Waals surface area contributed by atoms with Crippen molar-refractivity contribution in [1.82, 2.24) is 0 Å². The van der Waals surface area contributed by atoms with E-state index in [2.05, 4.69) is 53.9 Å². The molecule has 0 N–H and O–H groups in total. The summed E-state index contributed by atoms with van der Waals surface area (Å²) in [6, 6.07) is 0. The second-order valence-electron chi connectivity index (χ2n) is 4.77. The number of hydrogen-bond acceptors (Lipinski definition) is 0. The molecule has 0 atom stereocenters. The van der Waals surface area contributed by atoms with Gasteiger partial charge in [-0.05, 0) is 18.8 Å². The molecule has 0 bridgehead atoms. The van der Waals surface area contributed by atoms with Crippen LogP contribution < -0.4 is 0 Å². The van der Waals surface area contributed by atoms with Crippen molar-refractivity contribution in [2.75, 3.05) is 0 Å². The van der Waals surface area contributed by atoms with Crippen molar-refractivity contribution < 1.29 is 0 Å². The Morgan fingerprint density at radius 2 is 0.909 bits per heavy atom. The quantitative estimate of drug-likeness (QED) is 0.444. The summed E-state index contributed by atoms with van der Waals surface area (Å²) in [7, 11) is 0. The maximum absolute atomic E-state index is 4.60. The molecule has 0 aromatic carbocycles. The minimum Gasteiger partial charge on any atom is -0.120 e. The van der Waals surface area contributed by atoms with Gasteiger partial charge in [0.1, 0.15) is 0 Å². The third-order valence-corrected chi connectivity index (χ3v) is 2.38. The molecule has 140 valence electrons. The Kier molecular flexibility index (Phi) is 101. The summed E-state index contributed by atoms with van der Waals surface area (Å²) in [6.45, 7) is 27.1. The topological polar surface area (TPSA) is 0 Å². The van der Waals surface area contributed by atoms with Gasteiger partial charge in [-0.15, -0.1) is 12.3 Å². The van der Waals surface area contributed by atoms with Gasteiger partial charge in [-0.3, -0.25) is 0 Å². The van der Waals surface area contributed by atoms with Gasteiger partial charge in [0.2, 0.25) is 0 Å². The second kappa shape index (κ2) is 58.9. The van der Waals surface area contributed by atoms with Gasteiger partial charge in [0, 0.05) is 0 Å². The normalized spacial score (nSPS) is 7.18. The van der Waals surface area contributed by atoms with Gasteiger partial charge in [0.25, 0.3) is 0 Å². The van der Waals surface area contributed by atoms with Gasteiger partial charge in [-0.1, -0.05) is 115 Å². The highest BCUT2D eigenvalue weighted by atomic mass is 14.0.